The van der Waals surface area contributed by atoms with E-state index in [1.54, 1.807) is 12.1 Å². The predicted molar refractivity (Wildman–Crippen MR) is 76.1 cm³/mol. The van der Waals surface area contributed by atoms with Gasteiger partial charge in [-0.05, 0) is 31.5 Å². The first-order valence-corrected chi connectivity index (χ1v) is 6.64. The van der Waals surface area contributed by atoms with E-state index in [4.69, 9.17) is 4.42 Å². The molecule has 1 aromatic heterocycles. The number of fused-ring (bicyclic) bond motifs is 1. The van der Waals surface area contributed by atoms with Crippen molar-refractivity contribution < 1.29 is 19.1 Å². The number of carbonyl (C=O) groups excluding carboxylic acids is 2. The number of nitrogens with one attached hydrogen (secondary N) is 1. The molecular weight excluding hydrogens is 270 g/mol. The monoisotopic (exact) mass is 285 g/mol. The smallest absolute Gasteiger partial charge is 0.261 e. The molecule has 21 heavy (non-hydrogen) atoms. The second-order valence-corrected chi connectivity index (χ2v) is 5.40. The normalized spacial score (nSPS) is 20.2. The molecule has 5 nitrogen and oxygen atoms in total. The lowest BCUT2D eigenvalue weighted by atomic mass is 9.87. The van der Waals surface area contributed by atoms with Gasteiger partial charge in [0.15, 0.2) is 11.4 Å². The van der Waals surface area contributed by atoms with Gasteiger partial charge in [0.1, 0.15) is 0 Å². The van der Waals surface area contributed by atoms with Crippen molar-refractivity contribution in [2.45, 2.75) is 25.9 Å². The van der Waals surface area contributed by atoms with Gasteiger partial charge in [0.2, 0.25) is 5.78 Å². The minimum Gasteiger partial charge on any atom is -0.461 e. The first-order valence-electron chi connectivity index (χ1n) is 6.64. The van der Waals surface area contributed by atoms with Crippen LogP contribution in [0.5, 0.6) is 0 Å². The second-order valence-electron chi connectivity index (χ2n) is 5.40. The van der Waals surface area contributed by atoms with Crippen LogP contribution in [-0.4, -0.2) is 16.8 Å². The highest BCUT2D eigenvalue weighted by molar-refractivity contribution is 6.09. The van der Waals surface area contributed by atoms with Crippen LogP contribution in [-0.2, 0) is 10.4 Å². The molecule has 2 N–H and O–H groups in total. The van der Waals surface area contributed by atoms with Crippen LogP contribution in [0.25, 0.3) is 0 Å². The number of Topliss-reactive ketones (excluding diaryl/α,β-unsaturated/α-hetero) is 1. The minimum atomic E-state index is -1.85. The summed E-state index contributed by atoms with van der Waals surface area (Å²) in [6.45, 7) is 3.73. The zero-order valence-corrected chi connectivity index (χ0v) is 11.8. The van der Waals surface area contributed by atoms with E-state index in [0.717, 1.165) is 11.1 Å². The van der Waals surface area contributed by atoms with Crippen molar-refractivity contribution >= 4 is 17.4 Å². The van der Waals surface area contributed by atoms with Crippen LogP contribution in [0.15, 0.2) is 34.9 Å². The number of hydrogen-bond donors (Lipinski definition) is 2. The summed E-state index contributed by atoms with van der Waals surface area (Å²) in [5, 5.41) is 13.4. The van der Waals surface area contributed by atoms with Gasteiger partial charge in [-0.15, -0.1) is 0 Å². The fraction of sp³-hybridized carbons (Fsp3) is 0.250. The molecule has 1 aliphatic heterocycles. The molecule has 0 aliphatic carbocycles. The van der Waals surface area contributed by atoms with Crippen molar-refractivity contribution in [3.8, 4) is 0 Å². The van der Waals surface area contributed by atoms with Gasteiger partial charge in [0.05, 0.1) is 18.4 Å². The molecule has 0 radical (unpaired) electrons. The van der Waals surface area contributed by atoms with E-state index in [9.17, 15) is 14.7 Å². The Hall–Kier alpha value is -2.40. The minimum absolute atomic E-state index is 0.133. The zero-order chi connectivity index (χ0) is 15.2. The quantitative estimate of drug-likeness (QED) is 0.848. The molecule has 1 atom stereocenters. The van der Waals surface area contributed by atoms with Crippen molar-refractivity contribution in [3.05, 3.63) is 53.0 Å². The molecule has 2 heterocycles. The van der Waals surface area contributed by atoms with Crippen LogP contribution < -0.4 is 5.32 Å². The number of furan rings is 1. The van der Waals surface area contributed by atoms with Gasteiger partial charge in [-0.3, -0.25) is 9.59 Å². The highest BCUT2D eigenvalue weighted by Gasteiger charge is 2.47. The molecule has 1 aliphatic rings. The molecule has 1 aromatic carbocycles. The highest BCUT2D eigenvalue weighted by Crippen LogP contribution is 2.41. The topological polar surface area (TPSA) is 79.5 Å². The Morgan fingerprint density at radius 3 is 2.81 bits per heavy atom. The SMILES string of the molecule is Cc1cc(C)c2c(c1)[C@@](O)(CC(=O)c1ccco1)C(=O)N2. The van der Waals surface area contributed by atoms with E-state index in [-0.39, 0.29) is 12.2 Å². The fourth-order valence-electron chi connectivity index (χ4n) is 2.73. The third-order valence-electron chi connectivity index (χ3n) is 3.75. The summed E-state index contributed by atoms with van der Waals surface area (Å²) < 4.78 is 5.03. The van der Waals surface area contributed by atoms with Gasteiger partial charge in [-0.2, -0.15) is 0 Å². The van der Waals surface area contributed by atoms with Crippen molar-refractivity contribution in [1.82, 2.24) is 0 Å². The van der Waals surface area contributed by atoms with Crippen molar-refractivity contribution in [2.24, 2.45) is 0 Å². The molecule has 0 unspecified atom stereocenters. The first-order chi connectivity index (χ1) is 9.91. The Morgan fingerprint density at radius 1 is 1.38 bits per heavy atom. The number of amides is 1. The van der Waals surface area contributed by atoms with E-state index in [1.807, 2.05) is 19.9 Å². The molecule has 0 spiro atoms. The molecule has 0 bridgehead atoms. The number of aliphatic hydroxyl groups is 1. The Labute approximate surface area is 121 Å². The number of benzene rings is 1. The van der Waals surface area contributed by atoms with Gasteiger partial charge < -0.3 is 14.8 Å². The lowest BCUT2D eigenvalue weighted by Gasteiger charge is -2.20. The molecule has 108 valence electrons. The number of carbonyl (C=O) groups is 2. The van der Waals surface area contributed by atoms with Gasteiger partial charge in [0, 0.05) is 5.56 Å². The molecule has 1 amide bonds. The fourth-order valence-corrected chi connectivity index (χ4v) is 2.73. The van der Waals surface area contributed by atoms with Gasteiger partial charge in [-0.1, -0.05) is 17.7 Å². The van der Waals surface area contributed by atoms with Crippen LogP contribution >= 0.6 is 0 Å². The van der Waals surface area contributed by atoms with E-state index in [2.05, 4.69) is 5.32 Å². The Balaban J connectivity index is 2.02. The van der Waals surface area contributed by atoms with Crippen molar-refractivity contribution in [3.63, 3.8) is 0 Å². The van der Waals surface area contributed by atoms with Crippen LogP contribution in [0.2, 0.25) is 0 Å². The lowest BCUT2D eigenvalue weighted by Crippen LogP contribution is -2.36. The van der Waals surface area contributed by atoms with Gasteiger partial charge in [0.25, 0.3) is 5.91 Å². The molecule has 0 saturated carbocycles. The third-order valence-corrected chi connectivity index (χ3v) is 3.75. The molecule has 5 heteroatoms. The lowest BCUT2D eigenvalue weighted by molar-refractivity contribution is -0.133. The Morgan fingerprint density at radius 2 is 2.14 bits per heavy atom. The van der Waals surface area contributed by atoms with Crippen molar-refractivity contribution in [1.29, 1.82) is 0 Å². The number of hydrogen-bond acceptors (Lipinski definition) is 4. The maximum atomic E-state index is 12.2. The molecular formula is C16H15NO4. The van der Waals surface area contributed by atoms with E-state index < -0.39 is 17.3 Å². The number of ketones is 1. The Kier molecular flexibility index (Phi) is 2.95. The zero-order valence-electron chi connectivity index (χ0n) is 11.8. The van der Waals surface area contributed by atoms with Crippen LogP contribution in [0, 0.1) is 13.8 Å². The maximum absolute atomic E-state index is 12.2. The van der Waals surface area contributed by atoms with Crippen LogP contribution in [0.1, 0.15) is 33.7 Å². The number of anilines is 1. The van der Waals surface area contributed by atoms with Gasteiger partial charge in [-0.25, -0.2) is 0 Å². The summed E-state index contributed by atoms with van der Waals surface area (Å²) >= 11 is 0. The summed E-state index contributed by atoms with van der Waals surface area (Å²) in [4.78, 5) is 24.3. The van der Waals surface area contributed by atoms with Crippen LogP contribution in [0.4, 0.5) is 5.69 Å². The highest BCUT2D eigenvalue weighted by atomic mass is 16.3. The predicted octanol–water partition coefficient (Wildman–Crippen LogP) is 2.31. The summed E-state index contributed by atoms with van der Waals surface area (Å²) in [5.41, 5.74) is 0.965. The number of aryl methyl sites for hydroxylation is 2. The standard InChI is InChI=1S/C16H15NO4/c1-9-6-10(2)14-11(7-9)16(20,15(19)17-14)8-12(18)13-4-3-5-21-13/h3-7,20H,8H2,1-2H3,(H,17,19)/t16-/m0/s1. The largest absolute Gasteiger partial charge is 0.461 e. The molecule has 0 saturated heterocycles. The van der Waals surface area contributed by atoms with E-state index >= 15 is 0 Å². The maximum Gasteiger partial charge on any atom is 0.261 e. The van der Waals surface area contributed by atoms with Gasteiger partial charge >= 0.3 is 0 Å². The molecule has 3 rings (SSSR count). The van der Waals surface area contributed by atoms with E-state index in [1.165, 1.54) is 12.3 Å². The van der Waals surface area contributed by atoms with Crippen molar-refractivity contribution in [2.75, 3.05) is 5.32 Å². The van der Waals surface area contributed by atoms with Crippen LogP contribution in [0.3, 0.4) is 0 Å². The van der Waals surface area contributed by atoms with E-state index in [0.29, 0.717) is 11.3 Å². The Bertz CT molecular complexity index is 733. The number of rotatable bonds is 3. The first kappa shape index (κ1) is 13.6. The summed E-state index contributed by atoms with van der Waals surface area (Å²) in [6, 6.07) is 6.75. The summed E-state index contributed by atoms with van der Waals surface area (Å²) in [7, 11) is 0. The summed E-state index contributed by atoms with van der Waals surface area (Å²) in [5.74, 6) is -0.857. The average molecular weight is 285 g/mol. The third kappa shape index (κ3) is 2.06. The second kappa shape index (κ2) is 4.56. The molecule has 0 fully saturated rings. The molecule has 2 aromatic rings. The summed E-state index contributed by atoms with van der Waals surface area (Å²) in [6.07, 6.45) is 1.04. The average Bonchev–Trinajstić information content (AvgIpc) is 3.01.